The molecule has 1 nitrogen and oxygen atoms in total. The normalized spacial score (nSPS) is 11.1. The summed E-state index contributed by atoms with van der Waals surface area (Å²) in [5.41, 5.74) is 1.19. The summed E-state index contributed by atoms with van der Waals surface area (Å²) < 4.78 is 0. The summed E-state index contributed by atoms with van der Waals surface area (Å²) in [5, 5.41) is 1.26. The third-order valence-electron chi connectivity index (χ3n) is 1.92. The van der Waals surface area contributed by atoms with Gasteiger partial charge in [0.1, 0.15) is 0 Å². The van der Waals surface area contributed by atoms with Gasteiger partial charge in [-0.15, -0.1) is 11.3 Å². The average Bonchev–Trinajstić information content (AvgIpc) is 2.28. The number of thiazole rings is 1. The highest BCUT2D eigenvalue weighted by Gasteiger charge is 2.03. The molecule has 1 atom stereocenters. The largest absolute Gasteiger partial charge is 0.246 e. The maximum Gasteiger partial charge on any atom is 0.0930 e. The van der Waals surface area contributed by atoms with Crippen molar-refractivity contribution in [3.8, 4) is 0 Å². The smallest absolute Gasteiger partial charge is 0.0930 e. The van der Waals surface area contributed by atoms with Crippen LogP contribution in [-0.4, -0.2) is 4.98 Å². The molecule has 0 aliphatic heterocycles. The van der Waals surface area contributed by atoms with Crippen LogP contribution in [0.5, 0.6) is 0 Å². The van der Waals surface area contributed by atoms with E-state index >= 15 is 0 Å². The molecule has 0 aromatic carbocycles. The van der Waals surface area contributed by atoms with Crippen molar-refractivity contribution in [1.29, 1.82) is 0 Å². The van der Waals surface area contributed by atoms with E-state index in [4.69, 9.17) is 0 Å². The lowest BCUT2D eigenvalue weighted by Crippen LogP contribution is -1.91. The van der Waals surface area contributed by atoms with Crippen molar-refractivity contribution in [1.82, 2.24) is 4.98 Å². The molecule has 1 rings (SSSR count). The molecular formula is C10H16NS. The zero-order valence-corrected chi connectivity index (χ0v) is 8.87. The van der Waals surface area contributed by atoms with Gasteiger partial charge in [-0.1, -0.05) is 13.8 Å². The minimum atomic E-state index is 0.537. The summed E-state index contributed by atoms with van der Waals surface area (Å²) in [5.74, 6) is 0.537. The van der Waals surface area contributed by atoms with Gasteiger partial charge in [-0.25, -0.2) is 4.98 Å². The van der Waals surface area contributed by atoms with Crippen LogP contribution >= 0.6 is 11.3 Å². The van der Waals surface area contributed by atoms with Gasteiger partial charge in [-0.3, -0.25) is 0 Å². The molecule has 0 N–H and O–H groups in total. The number of nitrogens with zero attached hydrogens (tertiary/aromatic N) is 1. The quantitative estimate of drug-likeness (QED) is 0.699. The highest BCUT2D eigenvalue weighted by atomic mass is 32.1. The zero-order chi connectivity index (χ0) is 9.14. The van der Waals surface area contributed by atoms with Crippen LogP contribution in [0.1, 0.15) is 28.9 Å². The Morgan fingerprint density at radius 1 is 1.50 bits per heavy atom. The number of aromatic nitrogens is 1. The fraction of sp³-hybridized carbons (Fsp3) is 0.600. The Morgan fingerprint density at radius 2 is 2.17 bits per heavy atom. The monoisotopic (exact) mass is 182 g/mol. The Balaban J connectivity index is 2.53. The Bertz CT molecular complexity index is 231. The molecule has 0 bridgehead atoms. The van der Waals surface area contributed by atoms with Crippen LogP contribution in [0.3, 0.4) is 0 Å². The van der Waals surface area contributed by atoms with Crippen LogP contribution in [0.2, 0.25) is 0 Å². The third kappa shape index (κ3) is 2.59. The molecule has 0 amide bonds. The van der Waals surface area contributed by atoms with Crippen molar-refractivity contribution >= 4 is 11.3 Å². The highest BCUT2D eigenvalue weighted by Crippen LogP contribution is 2.18. The second-order valence-electron chi connectivity index (χ2n) is 3.39. The lowest BCUT2D eigenvalue weighted by molar-refractivity contribution is 0.642. The van der Waals surface area contributed by atoms with Gasteiger partial charge in [0.15, 0.2) is 0 Å². The molecule has 0 saturated heterocycles. The molecule has 1 radical (unpaired) electrons. The molecule has 0 spiro atoms. The summed E-state index contributed by atoms with van der Waals surface area (Å²) in [6.07, 6.45) is 2.23. The van der Waals surface area contributed by atoms with Crippen LogP contribution in [0.25, 0.3) is 0 Å². The molecule has 12 heavy (non-hydrogen) atoms. The van der Waals surface area contributed by atoms with Crippen molar-refractivity contribution in [3.05, 3.63) is 22.5 Å². The van der Waals surface area contributed by atoms with Crippen molar-refractivity contribution < 1.29 is 0 Å². The maximum absolute atomic E-state index is 4.47. The van der Waals surface area contributed by atoms with Crippen LogP contribution in [0.4, 0.5) is 0 Å². The van der Waals surface area contributed by atoms with Gasteiger partial charge < -0.3 is 0 Å². The molecular weight excluding hydrogens is 166 g/mol. The Kier molecular flexibility index (Phi) is 3.27. The molecule has 2 heteroatoms. The van der Waals surface area contributed by atoms with Gasteiger partial charge >= 0.3 is 0 Å². The SMILES string of the molecule is [CH2]C(C)CCc1nc(C)c(C)s1. The second kappa shape index (κ2) is 4.04. The third-order valence-corrected chi connectivity index (χ3v) is 3.06. The second-order valence-corrected chi connectivity index (χ2v) is 4.68. The topological polar surface area (TPSA) is 12.9 Å². The van der Waals surface area contributed by atoms with Crippen molar-refractivity contribution in [2.24, 2.45) is 5.92 Å². The fourth-order valence-corrected chi connectivity index (χ4v) is 1.97. The number of hydrogen-bond donors (Lipinski definition) is 0. The van der Waals surface area contributed by atoms with Crippen LogP contribution in [0, 0.1) is 26.7 Å². The van der Waals surface area contributed by atoms with E-state index in [1.54, 1.807) is 0 Å². The molecule has 1 aromatic heterocycles. The van der Waals surface area contributed by atoms with Crippen molar-refractivity contribution in [3.63, 3.8) is 0 Å². The first kappa shape index (κ1) is 9.72. The molecule has 0 fully saturated rings. The van der Waals surface area contributed by atoms with Gasteiger partial charge in [0, 0.05) is 4.88 Å². The number of hydrogen-bond acceptors (Lipinski definition) is 2. The zero-order valence-electron chi connectivity index (χ0n) is 8.05. The summed E-state index contributed by atoms with van der Waals surface area (Å²) in [7, 11) is 0. The first-order valence-electron chi connectivity index (χ1n) is 4.35. The molecule has 0 aliphatic carbocycles. The molecule has 67 valence electrons. The van der Waals surface area contributed by atoms with E-state index in [1.165, 1.54) is 15.6 Å². The molecule has 0 aliphatic rings. The van der Waals surface area contributed by atoms with Crippen LogP contribution in [0.15, 0.2) is 0 Å². The van der Waals surface area contributed by atoms with E-state index in [0.29, 0.717) is 5.92 Å². The summed E-state index contributed by atoms with van der Waals surface area (Å²) in [6, 6.07) is 0. The van der Waals surface area contributed by atoms with E-state index in [9.17, 15) is 0 Å². The van der Waals surface area contributed by atoms with Gasteiger partial charge in [0.2, 0.25) is 0 Å². The molecule has 1 heterocycles. The Labute approximate surface area is 78.8 Å². The Hall–Kier alpha value is -0.370. The lowest BCUT2D eigenvalue weighted by atomic mass is 10.1. The van der Waals surface area contributed by atoms with E-state index < -0.39 is 0 Å². The predicted molar refractivity (Wildman–Crippen MR) is 54.4 cm³/mol. The van der Waals surface area contributed by atoms with Gasteiger partial charge in [-0.2, -0.15) is 0 Å². The van der Waals surface area contributed by atoms with Gasteiger partial charge in [0.05, 0.1) is 10.7 Å². The Morgan fingerprint density at radius 3 is 2.58 bits per heavy atom. The summed E-state index contributed by atoms with van der Waals surface area (Å²) >= 11 is 1.82. The fourth-order valence-electron chi connectivity index (χ4n) is 1.02. The molecule has 1 aromatic rings. The average molecular weight is 182 g/mol. The van der Waals surface area contributed by atoms with E-state index in [-0.39, 0.29) is 0 Å². The standard InChI is InChI=1S/C10H16NS/c1-7(2)5-6-10-11-8(3)9(4)12-10/h7H,1,5-6H2,2-4H3. The highest BCUT2D eigenvalue weighted by molar-refractivity contribution is 7.11. The van der Waals surface area contributed by atoms with E-state index in [0.717, 1.165) is 12.8 Å². The van der Waals surface area contributed by atoms with Gasteiger partial charge in [0.25, 0.3) is 0 Å². The van der Waals surface area contributed by atoms with Crippen LogP contribution < -0.4 is 0 Å². The van der Waals surface area contributed by atoms with Crippen LogP contribution in [-0.2, 0) is 6.42 Å². The molecule has 0 saturated carbocycles. The number of rotatable bonds is 3. The maximum atomic E-state index is 4.47. The van der Waals surface area contributed by atoms with Crippen molar-refractivity contribution in [2.75, 3.05) is 0 Å². The van der Waals surface area contributed by atoms with Crippen molar-refractivity contribution in [2.45, 2.75) is 33.6 Å². The summed E-state index contributed by atoms with van der Waals surface area (Å²) in [4.78, 5) is 5.82. The van der Waals surface area contributed by atoms with E-state index in [2.05, 4.69) is 32.7 Å². The minimum absolute atomic E-state index is 0.537. The minimum Gasteiger partial charge on any atom is -0.246 e. The van der Waals surface area contributed by atoms with E-state index in [1.807, 2.05) is 11.3 Å². The predicted octanol–water partition coefficient (Wildman–Crippen LogP) is 3.16. The summed E-state index contributed by atoms with van der Waals surface area (Å²) in [6.45, 7) is 10.3. The number of aryl methyl sites for hydroxylation is 3. The lowest BCUT2D eigenvalue weighted by Gasteiger charge is -1.99. The first-order valence-corrected chi connectivity index (χ1v) is 5.17. The van der Waals surface area contributed by atoms with Gasteiger partial charge in [-0.05, 0) is 32.6 Å². The first-order chi connectivity index (χ1) is 5.59. The molecule has 1 unspecified atom stereocenters.